The van der Waals surface area contributed by atoms with E-state index in [2.05, 4.69) is 5.32 Å². The third-order valence-electron chi connectivity index (χ3n) is 1.75. The van der Waals surface area contributed by atoms with Gasteiger partial charge < -0.3 is 5.32 Å². The van der Waals surface area contributed by atoms with Gasteiger partial charge in [0.2, 0.25) is 0 Å². The number of rotatable bonds is 4. The van der Waals surface area contributed by atoms with Crippen molar-refractivity contribution in [2.45, 2.75) is 20.3 Å². The van der Waals surface area contributed by atoms with Crippen molar-refractivity contribution in [1.82, 2.24) is 5.32 Å². The Balaban J connectivity index is 4.77. The van der Waals surface area contributed by atoms with Crippen molar-refractivity contribution in [3.05, 3.63) is 22.9 Å². The van der Waals surface area contributed by atoms with E-state index in [9.17, 15) is 4.79 Å². The van der Waals surface area contributed by atoms with Gasteiger partial charge in [0.05, 0.1) is 12.5 Å². The number of carbonyl (C=O) groups excluding carboxylic acids is 1. The summed E-state index contributed by atoms with van der Waals surface area (Å²) in [5, 5.41) is 11.4. The number of nitrogens with zero attached hydrogens (tertiary/aromatic N) is 1. The number of aldehydes is 1. The Morgan fingerprint density at radius 1 is 1.54 bits per heavy atom. The third kappa shape index (κ3) is 4.12. The zero-order valence-electron chi connectivity index (χ0n) is 8.22. The average molecular weight is 178 g/mol. The minimum absolute atomic E-state index is 0.169. The molecule has 0 spiro atoms. The van der Waals surface area contributed by atoms with E-state index in [0.717, 1.165) is 17.6 Å². The number of nitrogens with one attached hydrogen (secondary N) is 1. The fourth-order valence-corrected chi connectivity index (χ4v) is 0.849. The molecular formula is C10H14N2O. The molecule has 0 heterocycles. The molecule has 70 valence electrons. The van der Waals surface area contributed by atoms with Crippen molar-refractivity contribution in [3.63, 3.8) is 0 Å². The van der Waals surface area contributed by atoms with Crippen molar-refractivity contribution in [2.24, 2.45) is 0 Å². The van der Waals surface area contributed by atoms with Gasteiger partial charge in [-0.1, -0.05) is 0 Å². The second-order valence-electron chi connectivity index (χ2n) is 2.74. The van der Waals surface area contributed by atoms with Crippen LogP contribution in [0.3, 0.4) is 0 Å². The summed E-state index contributed by atoms with van der Waals surface area (Å²) in [5.74, 6) is 0. The molecule has 0 aliphatic carbocycles. The Labute approximate surface area is 78.7 Å². The largest absolute Gasteiger partial charge is 0.392 e. The zero-order valence-corrected chi connectivity index (χ0v) is 8.22. The second kappa shape index (κ2) is 6.01. The van der Waals surface area contributed by atoms with Crippen molar-refractivity contribution in [2.75, 3.05) is 7.05 Å². The van der Waals surface area contributed by atoms with Gasteiger partial charge in [0.15, 0.2) is 0 Å². The minimum atomic E-state index is 0.169. The fraction of sp³-hybridized carbons (Fsp3) is 0.400. The summed E-state index contributed by atoms with van der Waals surface area (Å²) in [6.07, 6.45) is 2.75. The molecule has 0 amide bonds. The van der Waals surface area contributed by atoms with Gasteiger partial charge in [-0.05, 0) is 25.5 Å². The Morgan fingerprint density at radius 2 is 2.15 bits per heavy atom. The van der Waals surface area contributed by atoms with Gasteiger partial charge in [-0.15, -0.1) is 0 Å². The molecule has 0 aromatic heterocycles. The van der Waals surface area contributed by atoms with Crippen molar-refractivity contribution < 1.29 is 4.79 Å². The maximum Gasteiger partial charge on any atom is 0.147 e. The van der Waals surface area contributed by atoms with Crippen LogP contribution in [0.2, 0.25) is 0 Å². The van der Waals surface area contributed by atoms with Crippen LogP contribution in [-0.2, 0) is 4.79 Å². The van der Waals surface area contributed by atoms with Gasteiger partial charge in [0.25, 0.3) is 0 Å². The van der Waals surface area contributed by atoms with E-state index in [4.69, 9.17) is 5.26 Å². The van der Waals surface area contributed by atoms with Crippen molar-refractivity contribution in [3.8, 4) is 6.07 Å². The highest BCUT2D eigenvalue weighted by Crippen LogP contribution is 2.08. The van der Waals surface area contributed by atoms with E-state index in [1.165, 1.54) is 0 Å². The summed E-state index contributed by atoms with van der Waals surface area (Å²) in [6.45, 7) is 3.72. The summed E-state index contributed by atoms with van der Waals surface area (Å²) in [5.41, 5.74) is 2.34. The predicted octanol–water partition coefficient (Wildman–Crippen LogP) is 1.54. The Morgan fingerprint density at radius 3 is 2.54 bits per heavy atom. The zero-order chi connectivity index (χ0) is 10.3. The van der Waals surface area contributed by atoms with E-state index in [0.29, 0.717) is 5.57 Å². The molecule has 0 atom stereocenters. The van der Waals surface area contributed by atoms with E-state index in [1.54, 1.807) is 0 Å². The van der Waals surface area contributed by atoms with E-state index >= 15 is 0 Å². The number of hydrogen-bond acceptors (Lipinski definition) is 3. The molecule has 0 fully saturated rings. The summed E-state index contributed by atoms with van der Waals surface area (Å²) in [6, 6.07) is 1.95. The van der Waals surface area contributed by atoms with Crippen LogP contribution in [0, 0.1) is 11.3 Å². The Kier molecular flexibility index (Phi) is 5.29. The Bertz CT molecular complexity index is 282. The number of hydrogen-bond donors (Lipinski definition) is 1. The molecular weight excluding hydrogens is 164 g/mol. The van der Waals surface area contributed by atoms with Crippen LogP contribution < -0.4 is 5.32 Å². The first-order chi connectivity index (χ1) is 6.15. The standard InChI is InChI=1S/C10H14N2O/c1-8(6-9(2)12-3)10(7-13)4-5-11/h6-7,12H,4H2,1-3H3/b9-6-,10-8-. The van der Waals surface area contributed by atoms with Gasteiger partial charge in [0.1, 0.15) is 6.29 Å². The smallest absolute Gasteiger partial charge is 0.147 e. The van der Waals surface area contributed by atoms with Crippen molar-refractivity contribution >= 4 is 6.29 Å². The van der Waals surface area contributed by atoms with Crippen LogP contribution in [0.25, 0.3) is 0 Å². The Hall–Kier alpha value is -1.56. The monoisotopic (exact) mass is 178 g/mol. The lowest BCUT2D eigenvalue weighted by atomic mass is 10.1. The molecule has 0 bridgehead atoms. The molecule has 0 saturated carbocycles. The van der Waals surface area contributed by atoms with Crippen LogP contribution in [0.4, 0.5) is 0 Å². The molecule has 3 heteroatoms. The van der Waals surface area contributed by atoms with E-state index < -0.39 is 0 Å². The summed E-state index contributed by atoms with van der Waals surface area (Å²) >= 11 is 0. The van der Waals surface area contributed by atoms with Crippen LogP contribution >= 0.6 is 0 Å². The molecule has 13 heavy (non-hydrogen) atoms. The lowest BCUT2D eigenvalue weighted by molar-refractivity contribution is -0.105. The van der Waals surface area contributed by atoms with Gasteiger partial charge in [0, 0.05) is 18.3 Å². The first-order valence-corrected chi connectivity index (χ1v) is 4.03. The molecule has 0 aromatic carbocycles. The molecule has 0 aliphatic heterocycles. The fourth-order valence-electron chi connectivity index (χ4n) is 0.849. The van der Waals surface area contributed by atoms with Gasteiger partial charge in [-0.3, -0.25) is 4.79 Å². The highest BCUT2D eigenvalue weighted by Gasteiger charge is 1.98. The third-order valence-corrected chi connectivity index (χ3v) is 1.75. The lowest BCUT2D eigenvalue weighted by Crippen LogP contribution is -2.02. The lowest BCUT2D eigenvalue weighted by Gasteiger charge is -2.01. The van der Waals surface area contributed by atoms with Crippen LogP contribution in [0.15, 0.2) is 22.9 Å². The molecule has 1 N–H and O–H groups in total. The van der Waals surface area contributed by atoms with Crippen LogP contribution in [-0.4, -0.2) is 13.3 Å². The van der Waals surface area contributed by atoms with E-state index in [1.807, 2.05) is 33.0 Å². The van der Waals surface area contributed by atoms with Crippen molar-refractivity contribution in [1.29, 1.82) is 5.26 Å². The number of allylic oxidation sites excluding steroid dienone is 4. The molecule has 0 unspecified atom stereocenters. The number of carbonyl (C=O) groups is 1. The molecule has 3 nitrogen and oxygen atoms in total. The maximum atomic E-state index is 10.5. The highest BCUT2D eigenvalue weighted by atomic mass is 16.1. The van der Waals surface area contributed by atoms with Crippen LogP contribution in [0.1, 0.15) is 20.3 Å². The average Bonchev–Trinajstić information content (AvgIpc) is 2.13. The SMILES string of the molecule is CN/C(C)=C\C(C)=C(/C=O)CC#N. The molecule has 0 saturated heterocycles. The topological polar surface area (TPSA) is 52.9 Å². The summed E-state index contributed by atoms with van der Waals surface area (Å²) in [7, 11) is 1.81. The molecule has 0 radical (unpaired) electrons. The predicted molar refractivity (Wildman–Crippen MR) is 51.8 cm³/mol. The van der Waals surface area contributed by atoms with Gasteiger partial charge >= 0.3 is 0 Å². The minimum Gasteiger partial charge on any atom is -0.392 e. The van der Waals surface area contributed by atoms with Gasteiger partial charge in [-0.2, -0.15) is 5.26 Å². The first kappa shape index (κ1) is 11.4. The summed E-state index contributed by atoms with van der Waals surface area (Å²) < 4.78 is 0. The molecule has 0 rings (SSSR count). The first-order valence-electron chi connectivity index (χ1n) is 4.03. The van der Waals surface area contributed by atoms with E-state index in [-0.39, 0.29) is 6.42 Å². The normalized spacial score (nSPS) is 12.9. The molecule has 0 aromatic rings. The highest BCUT2D eigenvalue weighted by molar-refractivity contribution is 5.76. The molecule has 0 aliphatic rings. The van der Waals surface area contributed by atoms with Crippen LogP contribution in [0.5, 0.6) is 0 Å². The summed E-state index contributed by atoms with van der Waals surface area (Å²) in [4.78, 5) is 10.5. The quantitative estimate of drug-likeness (QED) is 0.403. The second-order valence-corrected chi connectivity index (χ2v) is 2.74. The van der Waals surface area contributed by atoms with Gasteiger partial charge in [-0.25, -0.2) is 0 Å². The number of nitriles is 1. The maximum absolute atomic E-state index is 10.5.